The topological polar surface area (TPSA) is 126 Å². The fraction of sp³-hybridized carbons (Fsp3) is 0.500. The number of aliphatic hydroxyl groups excluding tert-OH is 2. The zero-order valence-corrected chi connectivity index (χ0v) is 21.1. The zero-order valence-electron chi connectivity index (χ0n) is 20.3. The molecule has 0 aliphatic carbocycles. The number of hydrogen-bond donors (Lipinski definition) is 4. The van der Waals surface area contributed by atoms with Gasteiger partial charge in [-0.25, -0.2) is 0 Å². The summed E-state index contributed by atoms with van der Waals surface area (Å²) in [5.41, 5.74) is 0.773. The number of methoxy groups -OCH3 is 3. The molecule has 2 atom stereocenters. The maximum Gasteiger partial charge on any atom is 0.244 e. The van der Waals surface area contributed by atoms with E-state index in [-0.39, 0.29) is 36.6 Å². The molecule has 0 saturated carbocycles. The SMILES string of the molecule is CCC(CO)NC(=O)/C=C/C(CC(=O)NC(CC)CO)=C(/Cl)c1ccc(OC)c(OC)c1OC. The molecule has 1 aromatic carbocycles. The van der Waals surface area contributed by atoms with Crippen LogP contribution in [0.25, 0.3) is 5.03 Å². The molecular formula is C24H35ClN2O7. The van der Waals surface area contributed by atoms with E-state index in [1.807, 2.05) is 13.8 Å². The molecule has 0 spiro atoms. The van der Waals surface area contributed by atoms with E-state index in [0.717, 1.165) is 0 Å². The molecule has 2 amide bonds. The van der Waals surface area contributed by atoms with Gasteiger partial charge >= 0.3 is 0 Å². The van der Waals surface area contributed by atoms with Gasteiger partial charge in [-0.05, 0) is 30.5 Å². The van der Waals surface area contributed by atoms with Crippen LogP contribution in [0.1, 0.15) is 38.7 Å². The summed E-state index contributed by atoms with van der Waals surface area (Å²) in [5, 5.41) is 24.3. The van der Waals surface area contributed by atoms with E-state index in [1.165, 1.54) is 33.5 Å². The van der Waals surface area contributed by atoms with Crippen LogP contribution in [-0.4, -0.2) is 68.7 Å². The average molecular weight is 499 g/mol. The Bertz CT molecular complexity index is 878. The summed E-state index contributed by atoms with van der Waals surface area (Å²) in [7, 11) is 4.41. The Morgan fingerprint density at radius 3 is 2.03 bits per heavy atom. The first-order valence-electron chi connectivity index (χ1n) is 11.0. The molecule has 0 aliphatic rings. The third-order valence-corrected chi connectivity index (χ3v) is 5.59. The molecule has 0 radical (unpaired) electrons. The molecule has 9 nitrogen and oxygen atoms in total. The third-order valence-electron chi connectivity index (χ3n) is 5.15. The van der Waals surface area contributed by atoms with Crippen LogP contribution >= 0.6 is 11.6 Å². The van der Waals surface area contributed by atoms with Crippen molar-refractivity contribution in [1.82, 2.24) is 10.6 Å². The Labute approximate surface area is 205 Å². The second-order valence-electron chi connectivity index (χ2n) is 7.38. The Kier molecular flexibility index (Phi) is 13.1. The number of ether oxygens (including phenoxy) is 3. The highest BCUT2D eigenvalue weighted by Crippen LogP contribution is 2.44. The van der Waals surface area contributed by atoms with Gasteiger partial charge < -0.3 is 35.1 Å². The average Bonchev–Trinajstić information content (AvgIpc) is 2.86. The lowest BCUT2D eigenvalue weighted by atomic mass is 10.0. The van der Waals surface area contributed by atoms with Crippen molar-refractivity contribution in [3.05, 3.63) is 35.4 Å². The zero-order chi connectivity index (χ0) is 25.7. The number of halogens is 1. The lowest BCUT2D eigenvalue weighted by Gasteiger charge is -2.18. The highest BCUT2D eigenvalue weighted by molar-refractivity contribution is 6.50. The van der Waals surface area contributed by atoms with Gasteiger partial charge in [0, 0.05) is 11.6 Å². The number of nitrogens with one attached hydrogen (secondary N) is 2. The first-order chi connectivity index (χ1) is 16.3. The summed E-state index contributed by atoms with van der Waals surface area (Å²) in [5.74, 6) is 0.247. The fourth-order valence-corrected chi connectivity index (χ4v) is 3.37. The highest BCUT2D eigenvalue weighted by atomic mass is 35.5. The van der Waals surface area contributed by atoms with Gasteiger partial charge in [0.05, 0.1) is 58.1 Å². The van der Waals surface area contributed by atoms with Gasteiger partial charge in [0.2, 0.25) is 17.6 Å². The summed E-state index contributed by atoms with van der Waals surface area (Å²) in [6, 6.07) is 2.53. The highest BCUT2D eigenvalue weighted by Gasteiger charge is 2.21. The minimum absolute atomic E-state index is 0.159. The van der Waals surface area contributed by atoms with E-state index in [1.54, 1.807) is 12.1 Å². The van der Waals surface area contributed by atoms with Gasteiger partial charge in [0.25, 0.3) is 0 Å². The van der Waals surface area contributed by atoms with Crippen molar-refractivity contribution < 1.29 is 34.0 Å². The molecule has 1 rings (SSSR count). The molecule has 0 aliphatic heterocycles. The van der Waals surface area contributed by atoms with Crippen LogP contribution in [0.15, 0.2) is 29.9 Å². The van der Waals surface area contributed by atoms with Crippen LogP contribution in [0, 0.1) is 0 Å². The number of allylic oxidation sites excluding steroid dienone is 1. The summed E-state index contributed by atoms with van der Waals surface area (Å²) < 4.78 is 16.2. The van der Waals surface area contributed by atoms with Crippen molar-refractivity contribution in [1.29, 1.82) is 0 Å². The quantitative estimate of drug-likeness (QED) is 0.229. The Hall–Kier alpha value is -2.75. The third kappa shape index (κ3) is 8.23. The first kappa shape index (κ1) is 29.3. The van der Waals surface area contributed by atoms with Crippen molar-refractivity contribution in [2.45, 2.75) is 45.2 Å². The molecule has 0 heterocycles. The molecule has 34 heavy (non-hydrogen) atoms. The monoisotopic (exact) mass is 498 g/mol. The minimum atomic E-state index is -0.440. The van der Waals surface area contributed by atoms with Gasteiger partial charge in [0.15, 0.2) is 11.5 Å². The number of carbonyl (C=O) groups is 2. The van der Waals surface area contributed by atoms with Crippen molar-refractivity contribution in [2.24, 2.45) is 0 Å². The van der Waals surface area contributed by atoms with Crippen LogP contribution in [0.3, 0.4) is 0 Å². The standard InChI is InChI=1S/C24H35ClN2O7/c1-6-16(13-28)26-20(30)11-8-15(12-21(31)27-17(7-2)14-29)22(25)18-9-10-19(32-3)24(34-5)23(18)33-4/h8-11,16-17,28-29H,6-7,12-14H2,1-5H3,(H,26,30)(H,27,31)/b11-8+,22-15-. The number of rotatable bonds is 14. The lowest BCUT2D eigenvalue weighted by molar-refractivity contribution is -0.121. The molecule has 0 saturated heterocycles. The summed E-state index contributed by atoms with van der Waals surface area (Å²) >= 11 is 6.72. The normalized spacial score (nSPS) is 13.6. The van der Waals surface area contributed by atoms with Gasteiger partial charge in [-0.3, -0.25) is 9.59 Å². The number of benzene rings is 1. The van der Waals surface area contributed by atoms with Crippen molar-refractivity contribution in [2.75, 3.05) is 34.5 Å². The minimum Gasteiger partial charge on any atom is -0.493 e. The maximum atomic E-state index is 12.7. The van der Waals surface area contributed by atoms with Crippen LogP contribution < -0.4 is 24.8 Å². The molecular weight excluding hydrogens is 464 g/mol. The van der Waals surface area contributed by atoms with Crippen molar-refractivity contribution in [3.8, 4) is 17.2 Å². The largest absolute Gasteiger partial charge is 0.493 e. The maximum absolute atomic E-state index is 12.7. The number of aliphatic hydroxyl groups is 2. The molecule has 190 valence electrons. The second kappa shape index (κ2) is 15.2. The van der Waals surface area contributed by atoms with Crippen LogP contribution in [0.2, 0.25) is 0 Å². The van der Waals surface area contributed by atoms with E-state index in [4.69, 9.17) is 25.8 Å². The van der Waals surface area contributed by atoms with Crippen LogP contribution in [-0.2, 0) is 9.59 Å². The van der Waals surface area contributed by atoms with E-state index >= 15 is 0 Å². The smallest absolute Gasteiger partial charge is 0.244 e. The van der Waals surface area contributed by atoms with Gasteiger partial charge in [0.1, 0.15) is 0 Å². The molecule has 0 bridgehead atoms. The fourth-order valence-electron chi connectivity index (χ4n) is 3.09. The van der Waals surface area contributed by atoms with Crippen molar-refractivity contribution >= 4 is 28.4 Å². The summed E-state index contributed by atoms with van der Waals surface area (Å²) in [6.45, 7) is 3.29. The van der Waals surface area contributed by atoms with Gasteiger partial charge in [-0.15, -0.1) is 0 Å². The number of carbonyl (C=O) groups excluding carboxylic acids is 2. The Morgan fingerprint density at radius 1 is 0.941 bits per heavy atom. The molecule has 10 heteroatoms. The van der Waals surface area contributed by atoms with Crippen LogP contribution in [0.5, 0.6) is 17.2 Å². The van der Waals surface area contributed by atoms with E-state index in [0.29, 0.717) is 41.2 Å². The summed E-state index contributed by atoms with van der Waals surface area (Å²) in [4.78, 5) is 25.0. The first-order valence-corrected chi connectivity index (χ1v) is 11.3. The van der Waals surface area contributed by atoms with E-state index in [2.05, 4.69) is 10.6 Å². The van der Waals surface area contributed by atoms with Gasteiger partial charge in [-0.1, -0.05) is 31.5 Å². The molecule has 1 aromatic rings. The second-order valence-corrected chi connectivity index (χ2v) is 7.76. The number of amides is 2. The van der Waals surface area contributed by atoms with Crippen molar-refractivity contribution in [3.63, 3.8) is 0 Å². The summed E-state index contributed by atoms with van der Waals surface area (Å²) in [6.07, 6.45) is 3.64. The lowest BCUT2D eigenvalue weighted by Crippen LogP contribution is -2.37. The predicted molar refractivity (Wildman–Crippen MR) is 131 cm³/mol. The number of hydrogen-bond acceptors (Lipinski definition) is 7. The van der Waals surface area contributed by atoms with Crippen LogP contribution in [0.4, 0.5) is 0 Å². The molecule has 0 fully saturated rings. The van der Waals surface area contributed by atoms with E-state index in [9.17, 15) is 19.8 Å². The predicted octanol–water partition coefficient (Wildman–Crippen LogP) is 2.38. The van der Waals surface area contributed by atoms with Gasteiger partial charge in [-0.2, -0.15) is 0 Å². The Morgan fingerprint density at radius 2 is 1.53 bits per heavy atom. The van der Waals surface area contributed by atoms with E-state index < -0.39 is 11.9 Å². The molecule has 4 N–H and O–H groups in total. The molecule has 0 aromatic heterocycles. The Balaban J connectivity index is 3.46. The molecule has 2 unspecified atom stereocenters.